The lowest BCUT2D eigenvalue weighted by atomic mass is 10.1. The molecule has 1 aromatic rings. The Hall–Kier alpha value is -2.65. The minimum atomic E-state index is -4.61. The number of sulfonamides is 1. The van der Waals surface area contributed by atoms with Crippen LogP contribution in [0.4, 0.5) is 13.2 Å². The summed E-state index contributed by atoms with van der Waals surface area (Å²) in [5.74, 6) is -1.59. The van der Waals surface area contributed by atoms with Crippen LogP contribution in [0.25, 0.3) is 0 Å². The van der Waals surface area contributed by atoms with Gasteiger partial charge in [-0.15, -0.1) is 0 Å². The molecule has 8 nitrogen and oxygen atoms in total. The van der Waals surface area contributed by atoms with E-state index in [9.17, 15) is 31.2 Å². The first-order valence-corrected chi connectivity index (χ1v) is 9.58. The third-order valence-electron chi connectivity index (χ3n) is 4.17. The van der Waals surface area contributed by atoms with Gasteiger partial charge in [0.15, 0.2) is 0 Å². The van der Waals surface area contributed by atoms with E-state index >= 15 is 0 Å². The summed E-state index contributed by atoms with van der Waals surface area (Å²) in [4.78, 5) is 22.9. The first-order valence-electron chi connectivity index (χ1n) is 8.14. The van der Waals surface area contributed by atoms with Gasteiger partial charge in [0.2, 0.25) is 21.8 Å². The Kier molecular flexibility index (Phi) is 6.30. The second-order valence-corrected chi connectivity index (χ2v) is 8.05. The fraction of sp³-hybridized carbons (Fsp3) is 0.438. The Bertz CT molecular complexity index is 894. The zero-order chi connectivity index (χ0) is 21.1. The molecule has 0 bridgehead atoms. The van der Waals surface area contributed by atoms with Crippen LogP contribution in [0.5, 0.6) is 0 Å². The number of nitrogens with one attached hydrogen (secondary N) is 1. The summed E-state index contributed by atoms with van der Waals surface area (Å²) in [5.41, 5.74) is 3.99. The van der Waals surface area contributed by atoms with Crippen molar-refractivity contribution in [2.24, 2.45) is 5.73 Å². The van der Waals surface area contributed by atoms with Crippen molar-refractivity contribution in [3.05, 3.63) is 29.8 Å². The lowest BCUT2D eigenvalue weighted by Crippen LogP contribution is -2.49. The van der Waals surface area contributed by atoms with Crippen molar-refractivity contribution in [3.8, 4) is 6.07 Å². The quantitative estimate of drug-likeness (QED) is 0.703. The second kappa shape index (κ2) is 8.15. The molecule has 28 heavy (non-hydrogen) atoms. The summed E-state index contributed by atoms with van der Waals surface area (Å²) in [6, 6.07) is 2.30. The number of benzene rings is 1. The van der Waals surface area contributed by atoms with Crippen molar-refractivity contribution in [1.29, 1.82) is 5.26 Å². The van der Waals surface area contributed by atoms with E-state index in [0.29, 0.717) is 18.6 Å². The Morgan fingerprint density at radius 1 is 1.32 bits per heavy atom. The van der Waals surface area contributed by atoms with Gasteiger partial charge in [0.1, 0.15) is 12.1 Å². The number of nitrogens with two attached hydrogens (primary N) is 1. The van der Waals surface area contributed by atoms with E-state index in [-0.39, 0.29) is 17.9 Å². The number of primary amides is 1. The van der Waals surface area contributed by atoms with E-state index in [1.807, 2.05) is 0 Å². The number of amides is 2. The van der Waals surface area contributed by atoms with Crippen LogP contribution in [0.1, 0.15) is 24.8 Å². The number of carbonyl (C=O) groups excluding carboxylic acids is 2. The number of halogens is 3. The molecule has 1 aliphatic heterocycles. The zero-order valence-electron chi connectivity index (χ0n) is 14.4. The van der Waals surface area contributed by atoms with Crippen LogP contribution >= 0.6 is 0 Å². The second-order valence-electron chi connectivity index (χ2n) is 6.16. The molecular weight excluding hydrogens is 401 g/mol. The fourth-order valence-electron chi connectivity index (χ4n) is 2.84. The molecule has 1 aliphatic rings. The number of rotatable bonds is 6. The predicted molar refractivity (Wildman–Crippen MR) is 89.7 cm³/mol. The lowest BCUT2D eigenvalue weighted by Gasteiger charge is -2.24. The summed E-state index contributed by atoms with van der Waals surface area (Å²) in [7, 11) is -4.23. The van der Waals surface area contributed by atoms with E-state index in [1.165, 1.54) is 0 Å². The molecule has 3 N–H and O–H groups in total. The number of alkyl halides is 3. The van der Waals surface area contributed by atoms with Gasteiger partial charge in [0.25, 0.3) is 0 Å². The predicted octanol–water partition coefficient (Wildman–Crippen LogP) is 0.742. The smallest absolute Gasteiger partial charge is 0.370 e. The molecule has 1 fully saturated rings. The van der Waals surface area contributed by atoms with E-state index in [2.05, 4.69) is 5.32 Å². The molecule has 0 radical (unpaired) electrons. The molecule has 0 aliphatic carbocycles. The maximum absolute atomic E-state index is 12.8. The van der Waals surface area contributed by atoms with Gasteiger partial charge in [0.05, 0.1) is 22.9 Å². The van der Waals surface area contributed by atoms with Gasteiger partial charge in [-0.1, -0.05) is 0 Å². The van der Waals surface area contributed by atoms with E-state index in [1.54, 1.807) is 6.07 Å². The summed E-state index contributed by atoms with van der Waals surface area (Å²) in [6.45, 7) is -0.00547. The highest BCUT2D eigenvalue weighted by Crippen LogP contribution is 2.31. The Morgan fingerprint density at radius 3 is 2.43 bits per heavy atom. The van der Waals surface area contributed by atoms with Gasteiger partial charge < -0.3 is 11.1 Å². The largest absolute Gasteiger partial charge is 0.416 e. The summed E-state index contributed by atoms with van der Waals surface area (Å²) in [5, 5.41) is 11.2. The number of nitriles is 1. The fourth-order valence-corrected chi connectivity index (χ4v) is 4.50. The van der Waals surface area contributed by atoms with Gasteiger partial charge in [-0.3, -0.25) is 9.59 Å². The number of nitrogens with zero attached hydrogens (tertiary/aromatic N) is 2. The van der Waals surface area contributed by atoms with Crippen LogP contribution < -0.4 is 11.1 Å². The molecule has 2 amide bonds. The number of hydrogen-bond donors (Lipinski definition) is 2. The van der Waals surface area contributed by atoms with Crippen molar-refractivity contribution in [1.82, 2.24) is 9.62 Å². The molecule has 0 spiro atoms. The van der Waals surface area contributed by atoms with Gasteiger partial charge in [-0.25, -0.2) is 8.42 Å². The average Bonchev–Trinajstić information content (AvgIpc) is 3.10. The van der Waals surface area contributed by atoms with Crippen molar-refractivity contribution in [3.63, 3.8) is 0 Å². The van der Waals surface area contributed by atoms with Crippen LogP contribution in [0, 0.1) is 11.3 Å². The molecule has 1 aromatic carbocycles. The maximum Gasteiger partial charge on any atom is 0.416 e. The first-order chi connectivity index (χ1) is 13.0. The topological polar surface area (TPSA) is 133 Å². The highest BCUT2D eigenvalue weighted by molar-refractivity contribution is 7.89. The Labute approximate surface area is 159 Å². The first kappa shape index (κ1) is 21.6. The molecule has 0 unspecified atom stereocenters. The number of carbonyl (C=O) groups is 2. The SMILES string of the molecule is N#C[C@H](CC(N)=O)NC(=O)[C@@H]1CCCN1S(=O)(=O)c1ccc(C(F)(F)F)cc1. The van der Waals surface area contributed by atoms with E-state index < -0.39 is 52.1 Å². The highest BCUT2D eigenvalue weighted by atomic mass is 32.2. The number of hydrogen-bond acceptors (Lipinski definition) is 5. The molecule has 2 rings (SSSR count). The Morgan fingerprint density at radius 2 is 1.93 bits per heavy atom. The van der Waals surface area contributed by atoms with E-state index in [4.69, 9.17) is 11.0 Å². The molecule has 0 saturated carbocycles. The zero-order valence-corrected chi connectivity index (χ0v) is 15.3. The van der Waals surface area contributed by atoms with Crippen molar-refractivity contribution in [2.75, 3.05) is 6.54 Å². The molecule has 2 atom stereocenters. The van der Waals surface area contributed by atoms with Gasteiger partial charge in [0, 0.05) is 6.54 Å². The molecule has 0 aromatic heterocycles. The normalized spacial score (nSPS) is 19.0. The minimum Gasteiger partial charge on any atom is -0.370 e. The van der Waals surface area contributed by atoms with Crippen LogP contribution in [-0.2, 0) is 25.8 Å². The van der Waals surface area contributed by atoms with Crippen molar-refractivity contribution in [2.45, 2.75) is 42.4 Å². The van der Waals surface area contributed by atoms with Gasteiger partial charge >= 0.3 is 6.18 Å². The van der Waals surface area contributed by atoms with E-state index in [0.717, 1.165) is 16.4 Å². The Balaban J connectivity index is 2.21. The lowest BCUT2D eigenvalue weighted by molar-refractivity contribution is -0.137. The summed E-state index contributed by atoms with van der Waals surface area (Å²) >= 11 is 0. The maximum atomic E-state index is 12.8. The third kappa shape index (κ3) is 4.79. The molecule has 1 heterocycles. The molecule has 152 valence electrons. The standard InChI is InChI=1S/C16H17F3N4O4S/c17-16(18,19)10-3-5-12(6-4-10)28(26,27)23-7-1-2-13(23)15(25)22-11(9-20)8-14(21)24/h3-6,11,13H,1-2,7-8H2,(H2,21,24)(H,22,25)/t11-,13-/m0/s1. The van der Waals surface area contributed by atoms with Crippen molar-refractivity contribution >= 4 is 21.8 Å². The molecule has 1 saturated heterocycles. The van der Waals surface area contributed by atoms with Crippen LogP contribution in [0.2, 0.25) is 0 Å². The van der Waals surface area contributed by atoms with Crippen LogP contribution in [-0.4, -0.2) is 43.2 Å². The highest BCUT2D eigenvalue weighted by Gasteiger charge is 2.40. The van der Waals surface area contributed by atoms with Crippen LogP contribution in [0.15, 0.2) is 29.2 Å². The summed E-state index contributed by atoms with van der Waals surface area (Å²) in [6.07, 6.45) is -4.52. The van der Waals surface area contributed by atoms with Gasteiger partial charge in [-0.05, 0) is 37.1 Å². The summed E-state index contributed by atoms with van der Waals surface area (Å²) < 4.78 is 64.4. The molecular formula is C16H17F3N4O4S. The minimum absolute atomic E-state index is 0.00547. The third-order valence-corrected chi connectivity index (χ3v) is 6.09. The van der Waals surface area contributed by atoms with Crippen LogP contribution in [0.3, 0.4) is 0 Å². The van der Waals surface area contributed by atoms with Gasteiger partial charge in [-0.2, -0.15) is 22.7 Å². The average molecular weight is 418 g/mol. The molecule has 12 heteroatoms. The van der Waals surface area contributed by atoms with Crippen molar-refractivity contribution < 1.29 is 31.2 Å². The monoisotopic (exact) mass is 418 g/mol.